The highest BCUT2D eigenvalue weighted by Gasteiger charge is 1.99. The first-order valence-electron chi connectivity index (χ1n) is 6.26. The van der Waals surface area contributed by atoms with Gasteiger partial charge in [0.05, 0.1) is 0 Å². The molecule has 0 bridgehead atoms. The van der Waals surface area contributed by atoms with Crippen molar-refractivity contribution in [2.45, 2.75) is 0 Å². The van der Waals surface area contributed by atoms with E-state index in [2.05, 4.69) is 35.0 Å². The average molecular weight is 349 g/mol. The quantitative estimate of drug-likeness (QED) is 0.277. The van der Waals surface area contributed by atoms with Gasteiger partial charge in [0.2, 0.25) is 0 Å². The minimum Gasteiger partial charge on any atom is -0.195 e. The number of fused-ring (bicyclic) bond motifs is 3. The van der Waals surface area contributed by atoms with Crippen molar-refractivity contribution in [1.82, 2.24) is 0 Å². The van der Waals surface area contributed by atoms with Crippen LogP contribution in [0.1, 0.15) is 0 Å². The monoisotopic (exact) mass is 348 g/mol. The summed E-state index contributed by atoms with van der Waals surface area (Å²) in [5, 5.41) is 8.92. The van der Waals surface area contributed by atoms with Crippen LogP contribution in [0.5, 0.6) is 0 Å². The van der Waals surface area contributed by atoms with Crippen molar-refractivity contribution in [1.29, 1.82) is 0 Å². The lowest BCUT2D eigenvalue weighted by Gasteiger charge is -1.89. The normalized spacial score (nSPS) is 11.1. The Kier molecular flexibility index (Phi) is 3.51. The second-order valence-corrected chi connectivity index (χ2v) is 8.35. The number of hydrogen-bond acceptors (Lipinski definition) is 4. The Bertz CT molecular complexity index is 895. The Morgan fingerprint density at radius 3 is 1.81 bits per heavy atom. The lowest BCUT2D eigenvalue weighted by Crippen LogP contribution is -1.61. The SMILES string of the molecule is Fc1cc2sccc2s1.c1cc2cc3sccc3cc2s1. The van der Waals surface area contributed by atoms with Crippen LogP contribution in [0.2, 0.25) is 0 Å². The minimum absolute atomic E-state index is 0.0862. The maximum atomic E-state index is 12.4. The first kappa shape index (κ1) is 13.4. The number of hydrogen-bond donors (Lipinski definition) is 0. The van der Waals surface area contributed by atoms with Gasteiger partial charge in [0.15, 0.2) is 5.13 Å². The van der Waals surface area contributed by atoms with Gasteiger partial charge in [-0.05, 0) is 57.2 Å². The summed E-state index contributed by atoms with van der Waals surface area (Å²) in [7, 11) is 0. The van der Waals surface area contributed by atoms with Crippen LogP contribution in [0.3, 0.4) is 0 Å². The Balaban J connectivity index is 0.000000115. The molecule has 0 aliphatic heterocycles. The van der Waals surface area contributed by atoms with Gasteiger partial charge in [-0.15, -0.1) is 45.3 Å². The van der Waals surface area contributed by atoms with Crippen molar-refractivity contribution >= 4 is 74.9 Å². The molecule has 0 N–H and O–H groups in total. The summed E-state index contributed by atoms with van der Waals surface area (Å²) in [5.41, 5.74) is 0. The molecule has 5 aromatic rings. The Morgan fingerprint density at radius 2 is 1.19 bits per heavy atom. The van der Waals surface area contributed by atoms with Crippen molar-refractivity contribution in [3.8, 4) is 0 Å². The molecule has 0 aliphatic rings. The molecule has 21 heavy (non-hydrogen) atoms. The van der Waals surface area contributed by atoms with E-state index in [4.69, 9.17) is 0 Å². The van der Waals surface area contributed by atoms with Gasteiger partial charge in [-0.25, -0.2) is 0 Å². The summed E-state index contributed by atoms with van der Waals surface area (Å²) in [6.07, 6.45) is 0. The fraction of sp³-hybridized carbons (Fsp3) is 0. The van der Waals surface area contributed by atoms with Crippen LogP contribution in [-0.4, -0.2) is 0 Å². The van der Waals surface area contributed by atoms with Crippen molar-refractivity contribution in [3.63, 3.8) is 0 Å². The second-order valence-electron chi connectivity index (χ2n) is 4.47. The third kappa shape index (κ3) is 2.62. The number of rotatable bonds is 0. The molecule has 0 aliphatic carbocycles. The van der Waals surface area contributed by atoms with Gasteiger partial charge in [-0.2, -0.15) is 4.39 Å². The molecule has 0 saturated carbocycles. The molecule has 0 spiro atoms. The van der Waals surface area contributed by atoms with Crippen LogP contribution in [0.4, 0.5) is 4.39 Å². The molecule has 5 rings (SSSR count). The summed E-state index contributed by atoms with van der Waals surface area (Å²) < 4.78 is 17.3. The first-order valence-corrected chi connectivity index (χ1v) is 9.72. The molecule has 0 radical (unpaired) electrons. The molecule has 1 aromatic carbocycles. The summed E-state index contributed by atoms with van der Waals surface area (Å²) in [4.78, 5) is 0. The molecule has 0 unspecified atom stereocenters. The molecule has 0 saturated heterocycles. The van der Waals surface area contributed by atoms with Gasteiger partial charge in [0.25, 0.3) is 0 Å². The van der Waals surface area contributed by atoms with Crippen LogP contribution < -0.4 is 0 Å². The zero-order chi connectivity index (χ0) is 14.2. The maximum Gasteiger partial charge on any atom is 0.178 e. The fourth-order valence-electron chi connectivity index (χ4n) is 2.15. The van der Waals surface area contributed by atoms with E-state index in [0.29, 0.717) is 0 Å². The van der Waals surface area contributed by atoms with Gasteiger partial charge in [0, 0.05) is 24.9 Å². The topological polar surface area (TPSA) is 0 Å². The smallest absolute Gasteiger partial charge is 0.178 e. The third-order valence-electron chi connectivity index (χ3n) is 3.14. The minimum atomic E-state index is -0.0862. The summed E-state index contributed by atoms with van der Waals surface area (Å²) in [6, 6.07) is 12.4. The van der Waals surface area contributed by atoms with Gasteiger partial charge >= 0.3 is 0 Å². The lowest BCUT2D eigenvalue weighted by atomic mass is 10.2. The van der Waals surface area contributed by atoms with E-state index in [9.17, 15) is 4.39 Å². The average Bonchev–Trinajstić information content (AvgIpc) is 3.18. The lowest BCUT2D eigenvalue weighted by molar-refractivity contribution is 0.658. The van der Waals surface area contributed by atoms with Crippen LogP contribution in [0.25, 0.3) is 29.6 Å². The maximum absolute atomic E-state index is 12.4. The van der Waals surface area contributed by atoms with Crippen molar-refractivity contribution < 1.29 is 4.39 Å². The van der Waals surface area contributed by atoms with E-state index in [0.717, 1.165) is 9.40 Å². The molecule has 4 aromatic heterocycles. The van der Waals surface area contributed by atoms with Crippen LogP contribution >= 0.6 is 45.3 Å². The summed E-state index contributed by atoms with van der Waals surface area (Å²) in [6.45, 7) is 0. The van der Waals surface area contributed by atoms with Crippen molar-refractivity contribution in [2.75, 3.05) is 0 Å². The van der Waals surface area contributed by atoms with E-state index < -0.39 is 0 Å². The summed E-state index contributed by atoms with van der Waals surface area (Å²) in [5.74, 6) is 0. The predicted octanol–water partition coefficient (Wildman–Crippen LogP) is 7.22. The Labute approximate surface area is 136 Å². The zero-order valence-corrected chi connectivity index (χ0v) is 14.0. The highest BCUT2D eigenvalue weighted by atomic mass is 32.1. The largest absolute Gasteiger partial charge is 0.195 e. The van der Waals surface area contributed by atoms with E-state index in [-0.39, 0.29) is 5.13 Å². The zero-order valence-electron chi connectivity index (χ0n) is 10.7. The first-order chi connectivity index (χ1) is 10.3. The molecule has 0 fully saturated rings. The van der Waals surface area contributed by atoms with Crippen LogP contribution in [0, 0.1) is 5.13 Å². The number of halogens is 1. The molecule has 4 heterocycles. The predicted molar refractivity (Wildman–Crippen MR) is 96.9 cm³/mol. The van der Waals surface area contributed by atoms with E-state index in [1.807, 2.05) is 34.1 Å². The number of benzene rings is 1. The molecular formula is C16H9FS4. The Hall–Kier alpha value is -1.27. The van der Waals surface area contributed by atoms with Gasteiger partial charge in [-0.1, -0.05) is 0 Å². The van der Waals surface area contributed by atoms with E-state index in [1.165, 1.54) is 31.5 Å². The highest BCUT2D eigenvalue weighted by molar-refractivity contribution is 7.26. The van der Waals surface area contributed by atoms with Crippen LogP contribution in [-0.2, 0) is 0 Å². The van der Waals surface area contributed by atoms with Gasteiger partial charge < -0.3 is 0 Å². The third-order valence-corrected chi connectivity index (χ3v) is 6.78. The van der Waals surface area contributed by atoms with Gasteiger partial charge in [-0.3, -0.25) is 0 Å². The van der Waals surface area contributed by atoms with Crippen molar-refractivity contribution in [3.05, 3.63) is 57.7 Å². The number of thiophene rings is 4. The highest BCUT2D eigenvalue weighted by Crippen LogP contribution is 2.30. The Morgan fingerprint density at radius 1 is 0.619 bits per heavy atom. The molecule has 104 valence electrons. The fourth-order valence-corrected chi connectivity index (χ4v) is 5.61. The van der Waals surface area contributed by atoms with Crippen LogP contribution in [0.15, 0.2) is 52.5 Å². The van der Waals surface area contributed by atoms with Crippen molar-refractivity contribution in [2.24, 2.45) is 0 Å². The van der Waals surface area contributed by atoms with E-state index in [1.54, 1.807) is 17.4 Å². The molecule has 0 amide bonds. The molecule has 5 heteroatoms. The van der Waals surface area contributed by atoms with E-state index >= 15 is 0 Å². The molecule has 0 atom stereocenters. The van der Waals surface area contributed by atoms with Gasteiger partial charge in [0.1, 0.15) is 0 Å². The second kappa shape index (κ2) is 5.50. The molecule has 0 nitrogen and oxygen atoms in total. The molecular weight excluding hydrogens is 339 g/mol. The standard InChI is InChI=1S/C10H6S2.C6H3FS2/c1-3-11-9-6-8-2-4-12-10(8)5-7(1)9;7-6-3-5-4(9-6)1-2-8-5/h1-6H;1-3H. The summed E-state index contributed by atoms with van der Waals surface area (Å²) >= 11 is 6.40.